The highest BCUT2D eigenvalue weighted by atomic mass is 17.2. The highest BCUT2D eigenvalue weighted by molar-refractivity contribution is 4.90. The van der Waals surface area contributed by atoms with E-state index in [9.17, 15) is 0 Å². The van der Waals surface area contributed by atoms with Gasteiger partial charge in [-0.3, -0.25) is 0 Å². The molecule has 1 aromatic rings. The van der Waals surface area contributed by atoms with Gasteiger partial charge in [0.15, 0.2) is 5.82 Å². The monoisotopic (exact) mass is 272 g/mol. The molecule has 0 amide bonds. The van der Waals surface area contributed by atoms with Gasteiger partial charge in [-0.2, -0.15) is 4.98 Å². The lowest BCUT2D eigenvalue weighted by atomic mass is 9.86. The van der Waals surface area contributed by atoms with Crippen LogP contribution in [0.25, 0.3) is 0 Å². The van der Waals surface area contributed by atoms with Crippen LogP contribution in [0.4, 0.5) is 0 Å². The second-order valence-electron chi connectivity index (χ2n) is 5.36. The topological polar surface area (TPSA) is 77.6 Å². The minimum atomic E-state index is 0.0213. The molecule has 0 spiro atoms. The summed E-state index contributed by atoms with van der Waals surface area (Å²) in [4.78, 5) is 13.8. The second kappa shape index (κ2) is 8.24. The Kier molecular flexibility index (Phi) is 6.97. The zero-order valence-electron chi connectivity index (χ0n) is 12.0. The molecule has 0 bridgehead atoms. The fourth-order valence-electron chi connectivity index (χ4n) is 1.76. The van der Waals surface area contributed by atoms with Crippen molar-refractivity contribution in [2.45, 2.75) is 46.0 Å². The quantitative estimate of drug-likeness (QED) is 0.398. The van der Waals surface area contributed by atoms with Gasteiger partial charge in [0, 0.05) is 19.4 Å². The third-order valence-electron chi connectivity index (χ3n) is 2.93. The maximum atomic E-state index is 8.72. The van der Waals surface area contributed by atoms with E-state index in [0.29, 0.717) is 24.7 Å². The van der Waals surface area contributed by atoms with Crippen molar-refractivity contribution in [3.63, 3.8) is 0 Å². The van der Waals surface area contributed by atoms with E-state index in [0.717, 1.165) is 25.7 Å². The lowest BCUT2D eigenvalue weighted by molar-refractivity contribution is -0.275. The Morgan fingerprint density at radius 1 is 1.32 bits per heavy atom. The zero-order chi connectivity index (χ0) is 14.1. The molecule has 110 valence electrons. The number of aliphatic hydroxyl groups is 1. The Morgan fingerprint density at radius 2 is 2.11 bits per heavy atom. The van der Waals surface area contributed by atoms with Crippen molar-refractivity contribution >= 4 is 0 Å². The third kappa shape index (κ3) is 6.66. The Bertz CT molecular complexity index is 352. The van der Waals surface area contributed by atoms with Gasteiger partial charge in [-0.1, -0.05) is 19.0 Å². The molecule has 0 aliphatic heterocycles. The molecule has 0 radical (unpaired) electrons. The molecule has 19 heavy (non-hydrogen) atoms. The Balaban J connectivity index is 2.38. The van der Waals surface area contributed by atoms with Crippen molar-refractivity contribution in [3.05, 3.63) is 11.7 Å². The van der Waals surface area contributed by atoms with Crippen LogP contribution in [-0.2, 0) is 22.6 Å². The molecule has 0 fully saturated rings. The smallest absolute Gasteiger partial charge is 0.227 e. The first-order chi connectivity index (χ1) is 9.07. The van der Waals surface area contributed by atoms with E-state index in [-0.39, 0.29) is 12.0 Å². The van der Waals surface area contributed by atoms with Crippen molar-refractivity contribution in [1.82, 2.24) is 10.1 Å². The standard InChI is InChI=1S/C13H24N2O4/c1-13(2,7-9-18-17-3)10-12-14-11(15-19-12)6-4-5-8-16/h16H,4-10H2,1-3H3. The zero-order valence-corrected chi connectivity index (χ0v) is 12.0. The number of hydrogen-bond donors (Lipinski definition) is 1. The average molecular weight is 272 g/mol. The fourth-order valence-corrected chi connectivity index (χ4v) is 1.76. The minimum Gasteiger partial charge on any atom is -0.396 e. The van der Waals surface area contributed by atoms with Gasteiger partial charge < -0.3 is 9.63 Å². The summed E-state index contributed by atoms with van der Waals surface area (Å²) < 4.78 is 5.24. The molecular weight excluding hydrogens is 248 g/mol. The molecule has 1 rings (SSSR count). The molecule has 1 N–H and O–H groups in total. The van der Waals surface area contributed by atoms with Crippen LogP contribution < -0.4 is 0 Å². The predicted octanol–water partition coefficient (Wildman–Crippen LogP) is 1.92. The van der Waals surface area contributed by atoms with Gasteiger partial charge in [-0.15, -0.1) is 0 Å². The summed E-state index contributed by atoms with van der Waals surface area (Å²) in [7, 11) is 1.50. The summed E-state index contributed by atoms with van der Waals surface area (Å²) >= 11 is 0. The summed E-state index contributed by atoms with van der Waals surface area (Å²) in [6, 6.07) is 0. The van der Waals surface area contributed by atoms with Crippen LogP contribution in [-0.4, -0.2) is 35.6 Å². The molecule has 0 saturated carbocycles. The number of aliphatic hydroxyl groups excluding tert-OH is 1. The van der Waals surface area contributed by atoms with Crippen molar-refractivity contribution in [2.24, 2.45) is 5.41 Å². The van der Waals surface area contributed by atoms with Crippen molar-refractivity contribution < 1.29 is 19.4 Å². The molecular formula is C13H24N2O4. The SMILES string of the molecule is COOCCC(C)(C)Cc1nc(CCCCO)no1. The van der Waals surface area contributed by atoms with Crippen molar-refractivity contribution in [2.75, 3.05) is 20.3 Å². The van der Waals surface area contributed by atoms with Crippen molar-refractivity contribution in [3.8, 4) is 0 Å². The normalized spacial score (nSPS) is 12.0. The lowest BCUT2D eigenvalue weighted by Crippen LogP contribution is -2.18. The summed E-state index contributed by atoms with van der Waals surface area (Å²) in [6.07, 6.45) is 3.96. The summed E-state index contributed by atoms with van der Waals surface area (Å²) in [6.45, 7) is 5.00. The van der Waals surface area contributed by atoms with Crippen LogP contribution >= 0.6 is 0 Å². The average Bonchev–Trinajstić information content (AvgIpc) is 2.76. The minimum absolute atomic E-state index is 0.0213. The number of nitrogens with zero attached hydrogens (tertiary/aromatic N) is 2. The Morgan fingerprint density at radius 3 is 2.79 bits per heavy atom. The van der Waals surface area contributed by atoms with Crippen LogP contribution in [0.5, 0.6) is 0 Å². The van der Waals surface area contributed by atoms with Gasteiger partial charge in [0.2, 0.25) is 5.89 Å². The van der Waals surface area contributed by atoms with E-state index in [1.807, 2.05) is 0 Å². The van der Waals surface area contributed by atoms with Gasteiger partial charge in [0.05, 0.1) is 13.7 Å². The molecule has 1 aromatic heterocycles. The summed E-state index contributed by atoms with van der Waals surface area (Å²) in [5.74, 6) is 1.37. The van der Waals surface area contributed by atoms with Gasteiger partial charge >= 0.3 is 0 Å². The first kappa shape index (κ1) is 16.1. The van der Waals surface area contributed by atoms with Crippen LogP contribution in [0.2, 0.25) is 0 Å². The first-order valence-corrected chi connectivity index (χ1v) is 6.65. The van der Waals surface area contributed by atoms with Crippen LogP contribution in [0.3, 0.4) is 0 Å². The maximum absolute atomic E-state index is 8.72. The summed E-state index contributed by atoms with van der Waals surface area (Å²) in [5.41, 5.74) is 0.0213. The second-order valence-corrected chi connectivity index (χ2v) is 5.36. The van der Waals surface area contributed by atoms with Gasteiger partial charge in [-0.25, -0.2) is 9.78 Å². The molecule has 0 aromatic carbocycles. The number of rotatable bonds is 10. The number of hydrogen-bond acceptors (Lipinski definition) is 6. The summed E-state index contributed by atoms with van der Waals surface area (Å²) in [5, 5.41) is 12.7. The molecule has 0 aliphatic rings. The highest BCUT2D eigenvalue weighted by Gasteiger charge is 2.22. The Hall–Kier alpha value is -0.980. The van der Waals surface area contributed by atoms with Crippen LogP contribution in [0.15, 0.2) is 4.52 Å². The largest absolute Gasteiger partial charge is 0.396 e. The van der Waals surface area contributed by atoms with E-state index in [1.54, 1.807) is 0 Å². The molecule has 0 unspecified atom stereocenters. The van der Waals surface area contributed by atoms with Crippen LogP contribution in [0.1, 0.15) is 44.8 Å². The number of aromatic nitrogens is 2. The third-order valence-corrected chi connectivity index (χ3v) is 2.93. The van der Waals surface area contributed by atoms with E-state index < -0.39 is 0 Å². The van der Waals surface area contributed by atoms with E-state index in [1.165, 1.54) is 7.11 Å². The van der Waals surface area contributed by atoms with Crippen molar-refractivity contribution in [1.29, 1.82) is 0 Å². The van der Waals surface area contributed by atoms with E-state index >= 15 is 0 Å². The lowest BCUT2D eigenvalue weighted by Gasteiger charge is -2.21. The predicted molar refractivity (Wildman–Crippen MR) is 69.4 cm³/mol. The van der Waals surface area contributed by atoms with Gasteiger partial charge in [0.25, 0.3) is 0 Å². The Labute approximate surface area is 114 Å². The first-order valence-electron chi connectivity index (χ1n) is 6.65. The molecule has 0 saturated heterocycles. The molecule has 6 heteroatoms. The number of aryl methyl sites for hydroxylation is 1. The molecule has 6 nitrogen and oxygen atoms in total. The molecule has 1 heterocycles. The molecule has 0 atom stereocenters. The molecule has 0 aliphatic carbocycles. The number of unbranched alkanes of at least 4 members (excludes halogenated alkanes) is 1. The van der Waals surface area contributed by atoms with Gasteiger partial charge in [0.1, 0.15) is 0 Å². The van der Waals surface area contributed by atoms with E-state index in [2.05, 4.69) is 28.9 Å². The fraction of sp³-hybridized carbons (Fsp3) is 0.846. The van der Waals surface area contributed by atoms with Gasteiger partial charge in [-0.05, 0) is 24.7 Å². The van der Waals surface area contributed by atoms with Crippen LogP contribution in [0, 0.1) is 5.41 Å². The highest BCUT2D eigenvalue weighted by Crippen LogP contribution is 2.25. The van der Waals surface area contributed by atoms with E-state index in [4.69, 9.17) is 14.5 Å². The maximum Gasteiger partial charge on any atom is 0.227 e.